The monoisotopic (exact) mass is 286 g/mol. The van der Waals surface area contributed by atoms with Crippen LogP contribution in [0, 0.1) is 6.92 Å². The van der Waals surface area contributed by atoms with E-state index < -0.39 is 12.3 Å². The van der Waals surface area contributed by atoms with Crippen LogP contribution in [0.5, 0.6) is 0 Å². The topological polar surface area (TPSA) is 48.9 Å². The highest BCUT2D eigenvalue weighted by Crippen LogP contribution is 2.33. The second-order valence-corrected chi connectivity index (χ2v) is 3.99. The molecule has 0 aliphatic rings. The summed E-state index contributed by atoms with van der Waals surface area (Å²) in [5.74, 6) is 0. The first-order chi connectivity index (χ1) is 9.39. The molecule has 1 heterocycles. The van der Waals surface area contributed by atoms with Crippen LogP contribution in [0.25, 0.3) is 11.3 Å². The molecule has 0 aliphatic carbocycles. The Morgan fingerprint density at radius 2 is 1.70 bits per heavy atom. The van der Waals surface area contributed by atoms with Gasteiger partial charge in [-0.15, -0.1) is 0 Å². The van der Waals surface area contributed by atoms with Gasteiger partial charge in [-0.3, -0.25) is 5.10 Å². The van der Waals surface area contributed by atoms with Crippen molar-refractivity contribution >= 4 is 0 Å². The molecule has 2 N–H and O–H groups in total. The number of rotatable bonds is 2. The fourth-order valence-electron chi connectivity index (χ4n) is 1.66. The van der Waals surface area contributed by atoms with E-state index in [2.05, 4.69) is 10.2 Å². The lowest BCUT2D eigenvalue weighted by atomic mass is 10.0. The zero-order valence-electron chi connectivity index (χ0n) is 11.5. The van der Waals surface area contributed by atoms with Crippen molar-refractivity contribution in [2.45, 2.75) is 33.1 Å². The maximum absolute atomic E-state index is 12.3. The molecule has 1 aromatic carbocycles. The minimum absolute atomic E-state index is 0.177. The van der Waals surface area contributed by atoms with Gasteiger partial charge in [0, 0.05) is 0 Å². The van der Waals surface area contributed by atoms with Crippen LogP contribution in [0.2, 0.25) is 0 Å². The molecule has 2 rings (SSSR count). The SMILES string of the molecule is CC.Cc1cn[nH]c1-c1ccc(C(O)C(F)(F)F)cc1. The van der Waals surface area contributed by atoms with Gasteiger partial charge in [0.25, 0.3) is 0 Å². The lowest BCUT2D eigenvalue weighted by molar-refractivity contribution is -0.206. The van der Waals surface area contributed by atoms with Crippen molar-refractivity contribution in [2.75, 3.05) is 0 Å². The van der Waals surface area contributed by atoms with E-state index in [1.165, 1.54) is 24.3 Å². The number of hydrogen-bond acceptors (Lipinski definition) is 2. The Hall–Kier alpha value is -1.82. The summed E-state index contributed by atoms with van der Waals surface area (Å²) in [6.07, 6.45) is -5.46. The number of alkyl halides is 3. The average molecular weight is 286 g/mol. The molecule has 2 aromatic rings. The third kappa shape index (κ3) is 3.60. The van der Waals surface area contributed by atoms with Gasteiger partial charge in [-0.2, -0.15) is 18.3 Å². The lowest BCUT2D eigenvalue weighted by Crippen LogP contribution is -2.19. The van der Waals surface area contributed by atoms with Gasteiger partial charge in [-0.1, -0.05) is 38.1 Å². The Morgan fingerprint density at radius 3 is 2.10 bits per heavy atom. The van der Waals surface area contributed by atoms with E-state index in [1.807, 2.05) is 20.8 Å². The Bertz CT molecular complexity index is 532. The molecule has 0 radical (unpaired) electrons. The van der Waals surface area contributed by atoms with Gasteiger partial charge >= 0.3 is 6.18 Å². The van der Waals surface area contributed by atoms with Gasteiger partial charge < -0.3 is 5.11 Å². The number of aromatic amines is 1. The molecule has 0 amide bonds. The second-order valence-electron chi connectivity index (χ2n) is 3.99. The molecule has 0 saturated heterocycles. The van der Waals surface area contributed by atoms with E-state index in [0.29, 0.717) is 0 Å². The van der Waals surface area contributed by atoms with Crippen molar-refractivity contribution in [3.05, 3.63) is 41.6 Å². The van der Waals surface area contributed by atoms with Crippen molar-refractivity contribution in [1.82, 2.24) is 10.2 Å². The molecule has 110 valence electrons. The van der Waals surface area contributed by atoms with Crippen LogP contribution in [0.1, 0.15) is 31.1 Å². The summed E-state index contributed by atoms with van der Waals surface area (Å²) in [4.78, 5) is 0. The number of H-pyrrole nitrogens is 1. The largest absolute Gasteiger partial charge is 0.418 e. The molecule has 0 spiro atoms. The molecule has 0 bridgehead atoms. The van der Waals surface area contributed by atoms with Gasteiger partial charge in [0.05, 0.1) is 11.9 Å². The van der Waals surface area contributed by atoms with E-state index in [0.717, 1.165) is 16.8 Å². The van der Waals surface area contributed by atoms with Gasteiger partial charge in [0.1, 0.15) is 0 Å². The summed E-state index contributed by atoms with van der Waals surface area (Å²) in [5, 5.41) is 15.7. The minimum atomic E-state index is -4.65. The van der Waals surface area contributed by atoms with Crippen LogP contribution >= 0.6 is 0 Å². The minimum Gasteiger partial charge on any atom is -0.379 e. The maximum atomic E-state index is 12.3. The molecule has 0 aliphatic heterocycles. The number of hydrogen-bond donors (Lipinski definition) is 2. The maximum Gasteiger partial charge on any atom is 0.418 e. The predicted molar refractivity (Wildman–Crippen MR) is 71.1 cm³/mol. The summed E-state index contributed by atoms with van der Waals surface area (Å²) >= 11 is 0. The number of aliphatic hydroxyl groups excluding tert-OH is 1. The molecule has 6 heteroatoms. The van der Waals surface area contributed by atoms with Gasteiger partial charge in [-0.05, 0) is 23.6 Å². The molecule has 0 saturated carbocycles. The van der Waals surface area contributed by atoms with E-state index in [4.69, 9.17) is 5.11 Å². The van der Waals surface area contributed by atoms with Crippen molar-refractivity contribution < 1.29 is 18.3 Å². The Labute approximate surface area is 115 Å². The number of nitrogens with zero attached hydrogens (tertiary/aromatic N) is 1. The summed E-state index contributed by atoms with van der Waals surface area (Å²) in [6, 6.07) is 5.55. The zero-order valence-corrected chi connectivity index (χ0v) is 11.5. The summed E-state index contributed by atoms with van der Waals surface area (Å²) in [5.41, 5.74) is 2.20. The Balaban J connectivity index is 0.000000956. The molecule has 20 heavy (non-hydrogen) atoms. The van der Waals surface area contributed by atoms with Crippen LogP contribution in [0.3, 0.4) is 0 Å². The average Bonchev–Trinajstić information content (AvgIpc) is 2.86. The van der Waals surface area contributed by atoms with E-state index >= 15 is 0 Å². The third-order valence-electron chi connectivity index (χ3n) is 2.65. The summed E-state index contributed by atoms with van der Waals surface area (Å²) < 4.78 is 36.9. The number of halogens is 3. The molecule has 1 unspecified atom stereocenters. The van der Waals surface area contributed by atoms with E-state index in [9.17, 15) is 13.2 Å². The van der Waals surface area contributed by atoms with Crippen LogP contribution in [0.4, 0.5) is 13.2 Å². The highest BCUT2D eigenvalue weighted by Gasteiger charge is 2.39. The standard InChI is InChI=1S/C12H11F3N2O.C2H6/c1-7-6-16-17-10(7)8-2-4-9(5-3-8)11(18)12(13,14)15;1-2/h2-6,11,18H,1H3,(H,16,17);1-2H3. The molecule has 1 atom stereocenters. The van der Waals surface area contributed by atoms with E-state index in [1.54, 1.807) is 6.20 Å². The quantitative estimate of drug-likeness (QED) is 0.876. The summed E-state index contributed by atoms with van der Waals surface area (Å²) in [6.45, 7) is 5.84. The summed E-state index contributed by atoms with van der Waals surface area (Å²) in [7, 11) is 0. The number of aliphatic hydroxyl groups is 1. The van der Waals surface area contributed by atoms with E-state index in [-0.39, 0.29) is 5.56 Å². The smallest absolute Gasteiger partial charge is 0.379 e. The zero-order chi connectivity index (χ0) is 15.3. The highest BCUT2D eigenvalue weighted by atomic mass is 19.4. The number of nitrogens with one attached hydrogen (secondary N) is 1. The molecule has 0 fully saturated rings. The third-order valence-corrected chi connectivity index (χ3v) is 2.65. The Morgan fingerprint density at radius 1 is 1.15 bits per heavy atom. The molecular weight excluding hydrogens is 269 g/mol. The molecular formula is C14H17F3N2O. The van der Waals surface area contributed by atoms with Crippen molar-refractivity contribution in [3.8, 4) is 11.3 Å². The number of aromatic nitrogens is 2. The fourth-order valence-corrected chi connectivity index (χ4v) is 1.66. The normalized spacial score (nSPS) is 12.6. The van der Waals surface area contributed by atoms with Gasteiger partial charge in [0.15, 0.2) is 6.10 Å². The second kappa shape index (κ2) is 6.56. The first kappa shape index (κ1) is 16.2. The first-order valence-corrected chi connectivity index (χ1v) is 6.24. The van der Waals surface area contributed by atoms with Crippen molar-refractivity contribution in [3.63, 3.8) is 0 Å². The fraction of sp³-hybridized carbons (Fsp3) is 0.357. The van der Waals surface area contributed by atoms with Crippen LogP contribution in [0.15, 0.2) is 30.5 Å². The van der Waals surface area contributed by atoms with Crippen LogP contribution < -0.4 is 0 Å². The van der Waals surface area contributed by atoms with Crippen LogP contribution in [-0.4, -0.2) is 21.5 Å². The first-order valence-electron chi connectivity index (χ1n) is 6.24. The van der Waals surface area contributed by atoms with Crippen LogP contribution in [-0.2, 0) is 0 Å². The van der Waals surface area contributed by atoms with Crippen molar-refractivity contribution in [2.24, 2.45) is 0 Å². The van der Waals surface area contributed by atoms with Crippen molar-refractivity contribution in [1.29, 1.82) is 0 Å². The molecule has 1 aromatic heterocycles. The Kier molecular flexibility index (Phi) is 5.33. The number of benzene rings is 1. The van der Waals surface area contributed by atoms with Gasteiger partial charge in [-0.25, -0.2) is 0 Å². The molecule has 3 nitrogen and oxygen atoms in total. The highest BCUT2D eigenvalue weighted by molar-refractivity contribution is 5.62. The predicted octanol–water partition coefficient (Wildman–Crippen LogP) is 4.01. The lowest BCUT2D eigenvalue weighted by Gasteiger charge is -2.14. The van der Waals surface area contributed by atoms with Gasteiger partial charge in [0.2, 0.25) is 0 Å². The number of aryl methyl sites for hydroxylation is 1.